The van der Waals surface area contributed by atoms with Crippen molar-refractivity contribution in [3.05, 3.63) is 94.0 Å². The number of nitro groups is 1. The summed E-state index contributed by atoms with van der Waals surface area (Å²) in [6, 6.07) is 20.6. The molecule has 0 saturated carbocycles. The summed E-state index contributed by atoms with van der Waals surface area (Å²) in [6.07, 6.45) is 1.34. The number of hydrogen-bond donors (Lipinski definition) is 2. The predicted molar refractivity (Wildman–Crippen MR) is 147 cm³/mol. The molecule has 2 heterocycles. The minimum Gasteiger partial charge on any atom is -0.457 e. The zero-order valence-corrected chi connectivity index (χ0v) is 20.9. The van der Waals surface area contributed by atoms with Crippen LogP contribution < -0.4 is 25.2 Å². The van der Waals surface area contributed by atoms with Gasteiger partial charge in [-0.1, -0.05) is 24.3 Å². The lowest BCUT2D eigenvalue weighted by molar-refractivity contribution is -0.384. The maximum atomic E-state index is 13.4. The van der Waals surface area contributed by atoms with Crippen LogP contribution in [0, 0.1) is 10.1 Å². The fourth-order valence-corrected chi connectivity index (χ4v) is 4.58. The minimum absolute atomic E-state index is 0.0612. The Labute approximate surface area is 223 Å². The fourth-order valence-electron chi connectivity index (χ4n) is 4.30. The highest BCUT2D eigenvalue weighted by Crippen LogP contribution is 2.31. The SMILES string of the molecule is O=C1NC(=S)N(c2ccc(Oc3ccccc3)cc2)C(=O)/C1=C/c1ccc(N2CCNCC2)c([N+](=O)[O-])c1. The minimum atomic E-state index is -0.672. The van der Waals surface area contributed by atoms with Crippen LogP contribution in [0.5, 0.6) is 11.5 Å². The van der Waals surface area contributed by atoms with Crippen LogP contribution in [0.1, 0.15) is 5.56 Å². The standard InChI is InChI=1S/C27H23N5O5S/c33-25-22(16-18-6-11-23(24(17-18)32(35)36)30-14-12-28-13-15-30)26(34)31(27(38)29-25)19-7-9-21(10-8-19)37-20-4-2-1-3-5-20/h1-11,16-17,28H,12-15H2,(H,29,33,38)/b22-16+. The first-order valence-electron chi connectivity index (χ1n) is 11.9. The Bertz CT molecular complexity index is 1440. The molecule has 0 aliphatic carbocycles. The molecule has 0 atom stereocenters. The zero-order valence-electron chi connectivity index (χ0n) is 20.1. The summed E-state index contributed by atoms with van der Waals surface area (Å²) in [4.78, 5) is 40.6. The molecule has 2 amide bonds. The number of nitrogens with one attached hydrogen (secondary N) is 2. The van der Waals surface area contributed by atoms with Gasteiger partial charge in [0.15, 0.2) is 5.11 Å². The fraction of sp³-hybridized carbons (Fsp3) is 0.148. The number of para-hydroxylation sites is 1. The number of thiocarbonyl (C=S) groups is 1. The number of carbonyl (C=O) groups excluding carboxylic acids is 2. The van der Waals surface area contributed by atoms with E-state index in [1.165, 1.54) is 17.0 Å². The lowest BCUT2D eigenvalue weighted by Crippen LogP contribution is -2.54. The van der Waals surface area contributed by atoms with Crippen LogP contribution in [0.2, 0.25) is 0 Å². The number of hydrogen-bond acceptors (Lipinski definition) is 8. The van der Waals surface area contributed by atoms with Gasteiger partial charge in [-0.25, -0.2) is 0 Å². The van der Waals surface area contributed by atoms with Crippen molar-refractivity contribution < 1.29 is 19.2 Å². The third kappa shape index (κ3) is 5.24. The van der Waals surface area contributed by atoms with E-state index in [1.54, 1.807) is 36.4 Å². The summed E-state index contributed by atoms with van der Waals surface area (Å²) < 4.78 is 5.80. The van der Waals surface area contributed by atoms with Crippen molar-refractivity contribution in [3.63, 3.8) is 0 Å². The number of piperazine rings is 1. The maximum absolute atomic E-state index is 13.4. The molecular weight excluding hydrogens is 506 g/mol. The van der Waals surface area contributed by atoms with Gasteiger partial charge in [-0.2, -0.15) is 0 Å². The molecule has 0 radical (unpaired) electrons. The molecule has 0 spiro atoms. The van der Waals surface area contributed by atoms with Crippen LogP contribution in [-0.4, -0.2) is 48.0 Å². The second-order valence-electron chi connectivity index (χ2n) is 8.61. The Kier molecular flexibility index (Phi) is 7.11. The number of rotatable bonds is 6. The Balaban J connectivity index is 1.41. The van der Waals surface area contributed by atoms with Gasteiger partial charge in [0.2, 0.25) is 0 Å². The molecule has 38 heavy (non-hydrogen) atoms. The summed E-state index contributed by atoms with van der Waals surface area (Å²) in [5.74, 6) is -0.0789. The van der Waals surface area contributed by atoms with Gasteiger partial charge in [-0.15, -0.1) is 0 Å². The highest BCUT2D eigenvalue weighted by molar-refractivity contribution is 7.80. The first kappa shape index (κ1) is 25.1. The van der Waals surface area contributed by atoms with E-state index >= 15 is 0 Å². The van der Waals surface area contributed by atoms with Gasteiger partial charge < -0.3 is 15.0 Å². The Morgan fingerprint density at radius 3 is 2.32 bits per heavy atom. The number of nitro benzene ring substituents is 1. The van der Waals surface area contributed by atoms with Gasteiger partial charge in [0.1, 0.15) is 22.8 Å². The van der Waals surface area contributed by atoms with E-state index in [-0.39, 0.29) is 16.4 Å². The predicted octanol–water partition coefficient (Wildman–Crippen LogP) is 3.63. The van der Waals surface area contributed by atoms with Gasteiger partial charge >= 0.3 is 0 Å². The summed E-state index contributed by atoms with van der Waals surface area (Å²) in [5, 5.41) is 17.5. The second-order valence-corrected chi connectivity index (χ2v) is 9.00. The first-order valence-corrected chi connectivity index (χ1v) is 12.3. The number of benzene rings is 3. The largest absolute Gasteiger partial charge is 0.457 e. The average Bonchev–Trinajstić information content (AvgIpc) is 2.93. The number of nitrogens with zero attached hydrogens (tertiary/aromatic N) is 3. The molecule has 11 heteroatoms. The summed E-state index contributed by atoms with van der Waals surface area (Å²) >= 11 is 5.28. The molecule has 2 N–H and O–H groups in total. The lowest BCUT2D eigenvalue weighted by atomic mass is 10.1. The van der Waals surface area contributed by atoms with Crippen LogP contribution >= 0.6 is 12.2 Å². The smallest absolute Gasteiger partial charge is 0.293 e. The van der Waals surface area contributed by atoms with E-state index in [0.717, 1.165) is 13.1 Å². The lowest BCUT2D eigenvalue weighted by Gasteiger charge is -2.29. The number of ether oxygens (including phenoxy) is 1. The molecule has 10 nitrogen and oxygen atoms in total. The molecule has 2 saturated heterocycles. The molecule has 192 valence electrons. The van der Waals surface area contributed by atoms with Crippen LogP contribution in [0.4, 0.5) is 17.1 Å². The molecule has 0 aromatic heterocycles. The topological polar surface area (TPSA) is 117 Å². The van der Waals surface area contributed by atoms with Crippen molar-refractivity contribution in [2.75, 3.05) is 36.0 Å². The monoisotopic (exact) mass is 529 g/mol. The number of carbonyl (C=O) groups is 2. The molecule has 5 rings (SSSR count). The van der Waals surface area contributed by atoms with E-state index in [4.69, 9.17) is 17.0 Å². The third-order valence-electron chi connectivity index (χ3n) is 6.14. The molecule has 3 aromatic rings. The molecule has 3 aromatic carbocycles. The van der Waals surface area contributed by atoms with Crippen molar-refractivity contribution in [1.82, 2.24) is 10.6 Å². The third-order valence-corrected chi connectivity index (χ3v) is 6.42. The zero-order chi connectivity index (χ0) is 26.6. The molecule has 2 aliphatic rings. The molecule has 2 aliphatic heterocycles. The highest BCUT2D eigenvalue weighted by Gasteiger charge is 2.34. The molecule has 2 fully saturated rings. The van der Waals surface area contributed by atoms with Gasteiger partial charge in [0.25, 0.3) is 17.5 Å². The summed E-state index contributed by atoms with van der Waals surface area (Å²) in [7, 11) is 0. The van der Waals surface area contributed by atoms with Crippen molar-refractivity contribution in [3.8, 4) is 11.5 Å². The van der Waals surface area contributed by atoms with Crippen molar-refractivity contribution in [2.24, 2.45) is 0 Å². The average molecular weight is 530 g/mol. The van der Waals surface area contributed by atoms with Crippen LogP contribution in [0.15, 0.2) is 78.4 Å². The van der Waals surface area contributed by atoms with E-state index in [2.05, 4.69) is 10.6 Å². The normalized spacial score (nSPS) is 16.9. The number of anilines is 2. The summed E-state index contributed by atoms with van der Waals surface area (Å²) in [5.41, 5.74) is 1.01. The molecule has 0 bridgehead atoms. The maximum Gasteiger partial charge on any atom is 0.293 e. The van der Waals surface area contributed by atoms with Gasteiger partial charge in [0, 0.05) is 32.2 Å². The van der Waals surface area contributed by atoms with Gasteiger partial charge in [0.05, 0.1) is 10.6 Å². The molecule has 0 unspecified atom stereocenters. The van der Waals surface area contributed by atoms with E-state index in [9.17, 15) is 19.7 Å². The van der Waals surface area contributed by atoms with Crippen molar-refractivity contribution in [1.29, 1.82) is 0 Å². The van der Waals surface area contributed by atoms with E-state index in [0.29, 0.717) is 41.5 Å². The van der Waals surface area contributed by atoms with Crippen LogP contribution in [0.3, 0.4) is 0 Å². The highest BCUT2D eigenvalue weighted by atomic mass is 32.1. The van der Waals surface area contributed by atoms with Gasteiger partial charge in [-0.05, 0) is 66.3 Å². The van der Waals surface area contributed by atoms with Crippen LogP contribution in [-0.2, 0) is 9.59 Å². The van der Waals surface area contributed by atoms with Crippen molar-refractivity contribution >= 4 is 52.3 Å². The summed E-state index contributed by atoms with van der Waals surface area (Å²) in [6.45, 7) is 2.74. The Morgan fingerprint density at radius 1 is 0.947 bits per heavy atom. The van der Waals surface area contributed by atoms with E-state index in [1.807, 2.05) is 35.2 Å². The Morgan fingerprint density at radius 2 is 1.63 bits per heavy atom. The second kappa shape index (κ2) is 10.8. The van der Waals surface area contributed by atoms with Gasteiger partial charge in [-0.3, -0.25) is 29.9 Å². The van der Waals surface area contributed by atoms with Crippen LogP contribution in [0.25, 0.3) is 6.08 Å². The van der Waals surface area contributed by atoms with Crippen molar-refractivity contribution in [2.45, 2.75) is 0 Å². The Hall–Kier alpha value is -4.61. The first-order chi connectivity index (χ1) is 18.4. The van der Waals surface area contributed by atoms with E-state index < -0.39 is 16.7 Å². The quantitative estimate of drug-likeness (QED) is 0.164. The number of amides is 2. The molecular formula is C27H23N5O5S.